The monoisotopic (exact) mass is 222 g/mol. The van der Waals surface area contributed by atoms with Crippen LogP contribution in [-0.4, -0.2) is 4.98 Å². The number of nitrogens with two attached hydrogens (primary N) is 1. The van der Waals surface area contributed by atoms with Gasteiger partial charge >= 0.3 is 0 Å². The number of hydrogen-bond acceptors (Lipinski definition) is 1. The van der Waals surface area contributed by atoms with Crippen LogP contribution in [0.2, 0.25) is 0 Å². The summed E-state index contributed by atoms with van der Waals surface area (Å²) in [6.07, 6.45) is 1.95. The van der Waals surface area contributed by atoms with Crippen molar-refractivity contribution in [2.24, 2.45) is 5.73 Å². The van der Waals surface area contributed by atoms with Crippen molar-refractivity contribution in [2.75, 3.05) is 0 Å². The van der Waals surface area contributed by atoms with E-state index in [0.29, 0.717) is 0 Å². The summed E-state index contributed by atoms with van der Waals surface area (Å²) in [5.74, 6) is 0. The minimum atomic E-state index is -0.0847. The second kappa shape index (κ2) is 4.07. The Hall–Kier alpha value is -2.06. The Kier molecular flexibility index (Phi) is 2.42. The van der Waals surface area contributed by atoms with E-state index in [1.54, 1.807) is 0 Å². The molecule has 2 aromatic carbocycles. The van der Waals surface area contributed by atoms with Crippen LogP contribution in [0.1, 0.15) is 17.2 Å². The molecule has 0 radical (unpaired) electrons. The van der Waals surface area contributed by atoms with Crippen molar-refractivity contribution < 1.29 is 0 Å². The third-order valence-electron chi connectivity index (χ3n) is 3.11. The molecule has 3 N–H and O–H groups in total. The number of rotatable bonds is 2. The first kappa shape index (κ1) is 10.1. The molecule has 3 aromatic rings. The molecule has 2 heteroatoms. The first-order valence-corrected chi connectivity index (χ1v) is 5.73. The number of H-pyrrole nitrogens is 1. The summed E-state index contributed by atoms with van der Waals surface area (Å²) in [6.45, 7) is 0. The summed E-state index contributed by atoms with van der Waals surface area (Å²) < 4.78 is 0. The second-order valence-corrected chi connectivity index (χ2v) is 4.18. The molecule has 1 aromatic heterocycles. The van der Waals surface area contributed by atoms with Crippen LogP contribution in [0.4, 0.5) is 0 Å². The van der Waals surface area contributed by atoms with Crippen molar-refractivity contribution in [2.45, 2.75) is 6.04 Å². The van der Waals surface area contributed by atoms with Gasteiger partial charge in [0.15, 0.2) is 0 Å². The lowest BCUT2D eigenvalue weighted by atomic mass is 9.98. The average molecular weight is 222 g/mol. The molecule has 2 nitrogen and oxygen atoms in total. The Morgan fingerprint density at radius 3 is 2.53 bits per heavy atom. The maximum atomic E-state index is 6.32. The van der Waals surface area contributed by atoms with Crippen molar-refractivity contribution in [3.63, 3.8) is 0 Å². The molecule has 3 rings (SSSR count). The molecule has 17 heavy (non-hydrogen) atoms. The molecule has 0 saturated heterocycles. The predicted octanol–water partition coefficient (Wildman–Crippen LogP) is 3.22. The van der Waals surface area contributed by atoms with E-state index >= 15 is 0 Å². The number of nitrogens with one attached hydrogen (secondary N) is 1. The van der Waals surface area contributed by atoms with Crippen LogP contribution in [0.3, 0.4) is 0 Å². The lowest BCUT2D eigenvalue weighted by Crippen LogP contribution is -2.12. The zero-order valence-electron chi connectivity index (χ0n) is 9.43. The molecular weight excluding hydrogens is 208 g/mol. The summed E-state index contributed by atoms with van der Waals surface area (Å²) in [5.41, 5.74) is 9.72. The lowest BCUT2D eigenvalue weighted by molar-refractivity contribution is 0.878. The van der Waals surface area contributed by atoms with E-state index in [1.807, 2.05) is 30.5 Å². The number of para-hydroxylation sites is 1. The Bertz CT molecular complexity index is 625. The van der Waals surface area contributed by atoms with Gasteiger partial charge in [0.1, 0.15) is 0 Å². The maximum Gasteiger partial charge on any atom is 0.0572 e. The summed E-state index contributed by atoms with van der Waals surface area (Å²) in [5, 5.41) is 1.20. The number of benzene rings is 2. The molecule has 0 saturated carbocycles. The molecule has 0 aliphatic carbocycles. The quantitative estimate of drug-likeness (QED) is 0.686. The molecule has 0 aliphatic rings. The van der Waals surface area contributed by atoms with Gasteiger partial charge in [-0.2, -0.15) is 0 Å². The zero-order chi connectivity index (χ0) is 11.7. The van der Waals surface area contributed by atoms with Gasteiger partial charge in [-0.15, -0.1) is 0 Å². The van der Waals surface area contributed by atoms with Crippen molar-refractivity contribution in [1.29, 1.82) is 0 Å². The van der Waals surface area contributed by atoms with E-state index in [-0.39, 0.29) is 6.04 Å². The minimum Gasteiger partial charge on any atom is -0.361 e. The van der Waals surface area contributed by atoms with Gasteiger partial charge in [-0.3, -0.25) is 0 Å². The molecule has 0 aliphatic heterocycles. The largest absolute Gasteiger partial charge is 0.361 e. The summed E-state index contributed by atoms with van der Waals surface area (Å²) in [6, 6.07) is 18.4. The van der Waals surface area contributed by atoms with Crippen LogP contribution in [-0.2, 0) is 0 Å². The van der Waals surface area contributed by atoms with Crippen molar-refractivity contribution >= 4 is 10.9 Å². The highest BCUT2D eigenvalue weighted by molar-refractivity contribution is 5.83. The Morgan fingerprint density at radius 2 is 1.71 bits per heavy atom. The number of aromatic nitrogens is 1. The second-order valence-electron chi connectivity index (χ2n) is 4.18. The fourth-order valence-electron chi connectivity index (χ4n) is 2.21. The average Bonchev–Trinajstić information content (AvgIpc) is 2.87. The normalized spacial score (nSPS) is 12.8. The number of fused-ring (bicyclic) bond motifs is 1. The first-order valence-electron chi connectivity index (χ1n) is 5.73. The molecule has 1 atom stereocenters. The van der Waals surface area contributed by atoms with Gasteiger partial charge in [-0.25, -0.2) is 0 Å². The van der Waals surface area contributed by atoms with E-state index in [0.717, 1.165) is 16.6 Å². The van der Waals surface area contributed by atoms with Gasteiger partial charge in [0, 0.05) is 6.20 Å². The van der Waals surface area contributed by atoms with E-state index in [2.05, 4.69) is 35.3 Å². The highest BCUT2D eigenvalue weighted by atomic mass is 14.7. The summed E-state index contributed by atoms with van der Waals surface area (Å²) in [4.78, 5) is 3.26. The van der Waals surface area contributed by atoms with Crippen LogP contribution < -0.4 is 5.73 Å². The molecule has 0 fully saturated rings. The van der Waals surface area contributed by atoms with Gasteiger partial charge < -0.3 is 10.7 Å². The van der Waals surface area contributed by atoms with Crippen molar-refractivity contribution in [3.8, 4) is 0 Å². The predicted molar refractivity (Wildman–Crippen MR) is 70.8 cm³/mol. The molecule has 0 bridgehead atoms. The van der Waals surface area contributed by atoms with Crippen molar-refractivity contribution in [1.82, 2.24) is 4.98 Å². The molecule has 1 heterocycles. The highest BCUT2D eigenvalue weighted by Crippen LogP contribution is 2.25. The van der Waals surface area contributed by atoms with Crippen LogP contribution in [0.25, 0.3) is 10.9 Å². The van der Waals surface area contributed by atoms with Gasteiger partial charge in [0.25, 0.3) is 0 Å². The van der Waals surface area contributed by atoms with Crippen molar-refractivity contribution in [3.05, 3.63) is 71.9 Å². The minimum absolute atomic E-state index is 0.0847. The lowest BCUT2D eigenvalue weighted by Gasteiger charge is -2.13. The van der Waals surface area contributed by atoms with E-state index in [4.69, 9.17) is 5.73 Å². The zero-order valence-corrected chi connectivity index (χ0v) is 9.43. The van der Waals surface area contributed by atoms with Gasteiger partial charge in [0.2, 0.25) is 0 Å². The first-order chi connectivity index (χ1) is 8.36. The van der Waals surface area contributed by atoms with Gasteiger partial charge in [0.05, 0.1) is 11.6 Å². The van der Waals surface area contributed by atoms with Gasteiger partial charge in [-0.05, 0) is 22.6 Å². The highest BCUT2D eigenvalue weighted by Gasteiger charge is 2.11. The fraction of sp³-hybridized carbons (Fsp3) is 0.0667. The van der Waals surface area contributed by atoms with E-state index in [1.165, 1.54) is 5.39 Å². The standard InChI is InChI=1S/C15H14N2/c16-14(11-5-2-1-3-6-11)13-8-4-7-12-9-10-17-15(12)13/h1-10,14,17H,16H2. The van der Waals surface area contributed by atoms with Crippen LogP contribution in [0.15, 0.2) is 60.8 Å². The van der Waals surface area contributed by atoms with Crippen LogP contribution in [0, 0.1) is 0 Å². The fourth-order valence-corrected chi connectivity index (χ4v) is 2.21. The Balaban J connectivity index is 2.13. The van der Waals surface area contributed by atoms with Crippen LogP contribution >= 0.6 is 0 Å². The summed E-state index contributed by atoms with van der Waals surface area (Å²) in [7, 11) is 0. The molecular formula is C15H14N2. The van der Waals surface area contributed by atoms with E-state index in [9.17, 15) is 0 Å². The Morgan fingerprint density at radius 1 is 0.882 bits per heavy atom. The number of hydrogen-bond donors (Lipinski definition) is 2. The molecule has 0 spiro atoms. The topological polar surface area (TPSA) is 41.8 Å². The summed E-state index contributed by atoms with van der Waals surface area (Å²) >= 11 is 0. The maximum absolute atomic E-state index is 6.32. The van der Waals surface area contributed by atoms with Gasteiger partial charge in [-0.1, -0.05) is 48.5 Å². The van der Waals surface area contributed by atoms with Crippen LogP contribution in [0.5, 0.6) is 0 Å². The smallest absolute Gasteiger partial charge is 0.0572 e. The molecule has 84 valence electrons. The third kappa shape index (κ3) is 1.73. The molecule has 0 amide bonds. The third-order valence-corrected chi connectivity index (χ3v) is 3.11. The SMILES string of the molecule is NC(c1ccccc1)c1cccc2cc[nH]c12. The Labute approximate surface area is 100 Å². The number of aromatic amines is 1. The van der Waals surface area contributed by atoms with E-state index < -0.39 is 0 Å². The molecule has 1 unspecified atom stereocenters.